The van der Waals surface area contributed by atoms with Crippen molar-refractivity contribution >= 4 is 17.4 Å². The van der Waals surface area contributed by atoms with E-state index in [9.17, 15) is 14.9 Å². The van der Waals surface area contributed by atoms with Gasteiger partial charge in [-0.05, 0) is 12.8 Å². The molecule has 21 heavy (non-hydrogen) atoms. The molecule has 7 heteroatoms. The molecule has 1 rings (SSSR count). The third kappa shape index (κ3) is 5.37. The summed E-state index contributed by atoms with van der Waals surface area (Å²) in [5.41, 5.74) is -0.227. The van der Waals surface area contributed by atoms with Gasteiger partial charge < -0.3 is 10.6 Å². The Morgan fingerprint density at radius 1 is 1.29 bits per heavy atom. The van der Waals surface area contributed by atoms with Gasteiger partial charge in [0.2, 0.25) is 0 Å². The van der Waals surface area contributed by atoms with Crippen LogP contribution in [-0.2, 0) is 0 Å². The zero-order valence-electron chi connectivity index (χ0n) is 12.5. The molecule has 1 aromatic rings. The van der Waals surface area contributed by atoms with Crippen molar-refractivity contribution in [2.45, 2.75) is 39.5 Å². The minimum absolute atomic E-state index is 0.0464. The zero-order chi connectivity index (χ0) is 15.7. The van der Waals surface area contributed by atoms with E-state index in [2.05, 4.69) is 22.5 Å². The zero-order valence-corrected chi connectivity index (χ0v) is 12.5. The van der Waals surface area contributed by atoms with E-state index in [4.69, 9.17) is 0 Å². The van der Waals surface area contributed by atoms with Crippen LogP contribution in [0, 0.1) is 10.1 Å². The maximum Gasteiger partial charge on any atom is 0.300 e. The molecular weight excluding hydrogens is 272 g/mol. The van der Waals surface area contributed by atoms with Crippen molar-refractivity contribution in [2.75, 3.05) is 18.4 Å². The van der Waals surface area contributed by atoms with Gasteiger partial charge >= 0.3 is 0 Å². The number of nitrogens with one attached hydrogen (secondary N) is 2. The van der Waals surface area contributed by atoms with Gasteiger partial charge in [-0.1, -0.05) is 26.7 Å². The fourth-order valence-electron chi connectivity index (χ4n) is 1.80. The molecule has 1 heterocycles. The average molecular weight is 294 g/mol. The monoisotopic (exact) mass is 294 g/mol. The summed E-state index contributed by atoms with van der Waals surface area (Å²) >= 11 is 0. The molecule has 0 spiro atoms. The SMILES string of the molecule is CCCCCNC(=O)c1cc(NCCC)ncc1[N+](=O)[O-]. The van der Waals surface area contributed by atoms with Gasteiger partial charge in [0.1, 0.15) is 17.6 Å². The summed E-state index contributed by atoms with van der Waals surface area (Å²) in [4.78, 5) is 26.5. The first-order chi connectivity index (χ1) is 10.1. The van der Waals surface area contributed by atoms with E-state index in [1.807, 2.05) is 6.92 Å². The Labute approximate surface area is 124 Å². The number of hydrogen-bond donors (Lipinski definition) is 2. The topological polar surface area (TPSA) is 97.2 Å². The molecule has 1 aromatic heterocycles. The van der Waals surface area contributed by atoms with Crippen LogP contribution in [0.3, 0.4) is 0 Å². The second kappa shape index (κ2) is 8.89. The molecule has 2 N–H and O–H groups in total. The van der Waals surface area contributed by atoms with Crippen LogP contribution in [0.1, 0.15) is 49.9 Å². The van der Waals surface area contributed by atoms with Gasteiger partial charge in [-0.25, -0.2) is 4.98 Å². The average Bonchev–Trinajstić information content (AvgIpc) is 2.48. The summed E-state index contributed by atoms with van der Waals surface area (Å²) < 4.78 is 0. The largest absolute Gasteiger partial charge is 0.370 e. The molecule has 0 aromatic carbocycles. The molecule has 0 saturated heterocycles. The number of pyridine rings is 1. The molecule has 0 aliphatic heterocycles. The van der Waals surface area contributed by atoms with E-state index < -0.39 is 10.8 Å². The summed E-state index contributed by atoms with van der Waals surface area (Å²) in [5.74, 6) is 0.0425. The number of carbonyl (C=O) groups excluding carboxylic acids is 1. The first-order valence-electron chi connectivity index (χ1n) is 7.26. The molecule has 0 bridgehead atoms. The summed E-state index contributed by atoms with van der Waals surface area (Å²) in [5, 5.41) is 16.7. The lowest BCUT2D eigenvalue weighted by molar-refractivity contribution is -0.385. The number of carbonyl (C=O) groups is 1. The van der Waals surface area contributed by atoms with Crippen molar-refractivity contribution in [1.29, 1.82) is 0 Å². The van der Waals surface area contributed by atoms with E-state index in [1.165, 1.54) is 6.07 Å². The normalized spacial score (nSPS) is 10.2. The molecule has 0 unspecified atom stereocenters. The van der Waals surface area contributed by atoms with Gasteiger partial charge in [0, 0.05) is 19.2 Å². The number of nitrogens with zero attached hydrogens (tertiary/aromatic N) is 2. The molecule has 0 atom stereocenters. The van der Waals surface area contributed by atoms with Crippen LogP contribution in [0.4, 0.5) is 11.5 Å². The minimum Gasteiger partial charge on any atom is -0.370 e. The summed E-state index contributed by atoms with van der Waals surface area (Å²) in [6.07, 6.45) is 4.95. The summed E-state index contributed by atoms with van der Waals surface area (Å²) in [7, 11) is 0. The highest BCUT2D eigenvalue weighted by atomic mass is 16.6. The molecule has 0 aliphatic carbocycles. The van der Waals surface area contributed by atoms with Crippen LogP contribution in [0.15, 0.2) is 12.3 Å². The number of rotatable bonds is 9. The van der Waals surface area contributed by atoms with Crippen molar-refractivity contribution < 1.29 is 9.72 Å². The molecule has 7 nitrogen and oxygen atoms in total. The third-order valence-corrected chi connectivity index (χ3v) is 2.95. The Kier molecular flexibility index (Phi) is 7.14. The first-order valence-corrected chi connectivity index (χ1v) is 7.26. The van der Waals surface area contributed by atoms with Gasteiger partial charge in [0.15, 0.2) is 0 Å². The maximum absolute atomic E-state index is 12.1. The van der Waals surface area contributed by atoms with Crippen molar-refractivity contribution in [3.63, 3.8) is 0 Å². The second-order valence-corrected chi connectivity index (χ2v) is 4.73. The highest BCUT2D eigenvalue weighted by molar-refractivity contribution is 5.98. The van der Waals surface area contributed by atoms with Gasteiger partial charge in [-0.3, -0.25) is 14.9 Å². The van der Waals surface area contributed by atoms with Gasteiger partial charge in [-0.15, -0.1) is 0 Å². The minimum atomic E-state index is -0.586. The molecule has 0 aliphatic rings. The van der Waals surface area contributed by atoms with Crippen molar-refractivity contribution in [2.24, 2.45) is 0 Å². The van der Waals surface area contributed by atoms with E-state index in [0.29, 0.717) is 18.9 Å². The lowest BCUT2D eigenvalue weighted by Gasteiger charge is -2.08. The lowest BCUT2D eigenvalue weighted by Crippen LogP contribution is -2.25. The predicted octanol–water partition coefficient (Wildman–Crippen LogP) is 2.73. The van der Waals surface area contributed by atoms with E-state index in [0.717, 1.165) is 31.9 Å². The Balaban J connectivity index is 2.84. The number of aromatic nitrogens is 1. The van der Waals surface area contributed by atoms with Crippen LogP contribution in [-0.4, -0.2) is 28.9 Å². The van der Waals surface area contributed by atoms with E-state index in [-0.39, 0.29) is 11.3 Å². The van der Waals surface area contributed by atoms with E-state index in [1.54, 1.807) is 0 Å². The second-order valence-electron chi connectivity index (χ2n) is 4.73. The molecule has 0 saturated carbocycles. The van der Waals surface area contributed by atoms with Crippen molar-refractivity contribution in [3.8, 4) is 0 Å². The third-order valence-electron chi connectivity index (χ3n) is 2.95. The summed E-state index contributed by atoms with van der Waals surface area (Å²) in [6, 6.07) is 1.43. The lowest BCUT2D eigenvalue weighted by atomic mass is 10.2. The number of unbranched alkanes of at least 4 members (excludes halogenated alkanes) is 2. The van der Waals surface area contributed by atoms with Crippen LogP contribution < -0.4 is 10.6 Å². The number of hydrogen-bond acceptors (Lipinski definition) is 5. The number of anilines is 1. The van der Waals surface area contributed by atoms with Gasteiger partial charge in [0.25, 0.3) is 11.6 Å². The highest BCUT2D eigenvalue weighted by Gasteiger charge is 2.21. The number of amides is 1. The van der Waals surface area contributed by atoms with Crippen LogP contribution in [0.5, 0.6) is 0 Å². The van der Waals surface area contributed by atoms with Crippen molar-refractivity contribution in [3.05, 3.63) is 27.9 Å². The first kappa shape index (κ1) is 16.9. The Hall–Kier alpha value is -2.18. The molecule has 116 valence electrons. The Bertz CT molecular complexity index is 491. The fraction of sp³-hybridized carbons (Fsp3) is 0.571. The standard InChI is InChI=1S/C14H22N4O3/c1-3-5-6-8-16-14(19)11-9-13(15-7-4-2)17-10-12(11)18(20)21/h9-10H,3-8H2,1-2H3,(H,15,17)(H,16,19). The Morgan fingerprint density at radius 3 is 2.67 bits per heavy atom. The quantitative estimate of drug-likeness (QED) is 0.414. The molecule has 0 fully saturated rings. The van der Waals surface area contributed by atoms with Crippen molar-refractivity contribution in [1.82, 2.24) is 10.3 Å². The summed E-state index contributed by atoms with van der Waals surface area (Å²) in [6.45, 7) is 5.28. The fourth-order valence-corrected chi connectivity index (χ4v) is 1.80. The highest BCUT2D eigenvalue weighted by Crippen LogP contribution is 2.20. The molecular formula is C14H22N4O3. The molecule has 1 amide bonds. The van der Waals surface area contributed by atoms with Gasteiger partial charge in [0.05, 0.1) is 4.92 Å². The predicted molar refractivity (Wildman–Crippen MR) is 81.5 cm³/mol. The smallest absolute Gasteiger partial charge is 0.300 e. The number of nitro groups is 1. The van der Waals surface area contributed by atoms with Gasteiger partial charge in [-0.2, -0.15) is 0 Å². The van der Waals surface area contributed by atoms with E-state index >= 15 is 0 Å². The van der Waals surface area contributed by atoms with Crippen LogP contribution in [0.25, 0.3) is 0 Å². The van der Waals surface area contributed by atoms with Crippen LogP contribution in [0.2, 0.25) is 0 Å². The maximum atomic E-state index is 12.1. The van der Waals surface area contributed by atoms with Crippen LogP contribution >= 0.6 is 0 Å². The molecule has 0 radical (unpaired) electrons. The Morgan fingerprint density at radius 2 is 2.05 bits per heavy atom.